The average molecular weight is 506 g/mol. The lowest BCUT2D eigenvalue weighted by atomic mass is 10.2. The largest absolute Gasteiger partial charge is 0.272 e. The number of amides is 1. The molecule has 0 atom stereocenters. The van der Waals surface area contributed by atoms with Crippen molar-refractivity contribution in [3.63, 3.8) is 0 Å². The number of hydrazone groups is 1. The third-order valence-electron chi connectivity index (χ3n) is 4.53. The van der Waals surface area contributed by atoms with E-state index in [4.69, 9.17) is 0 Å². The van der Waals surface area contributed by atoms with Gasteiger partial charge in [-0.15, -0.1) is 10.2 Å². The van der Waals surface area contributed by atoms with Crippen molar-refractivity contribution < 1.29 is 4.79 Å². The van der Waals surface area contributed by atoms with Crippen LogP contribution in [-0.4, -0.2) is 32.6 Å². The predicted molar refractivity (Wildman–Crippen MR) is 132 cm³/mol. The summed E-state index contributed by atoms with van der Waals surface area (Å²) in [4.78, 5) is 12.3. The molecule has 160 valence electrons. The molecule has 0 aliphatic carbocycles. The number of aromatic nitrogens is 3. The van der Waals surface area contributed by atoms with Gasteiger partial charge in [-0.1, -0.05) is 87.9 Å². The van der Waals surface area contributed by atoms with E-state index in [0.717, 1.165) is 26.9 Å². The van der Waals surface area contributed by atoms with Crippen molar-refractivity contribution in [3.05, 3.63) is 94.5 Å². The van der Waals surface area contributed by atoms with Gasteiger partial charge in [0, 0.05) is 15.7 Å². The molecule has 0 unspecified atom stereocenters. The number of benzene rings is 3. The van der Waals surface area contributed by atoms with E-state index in [9.17, 15) is 4.79 Å². The second-order valence-corrected chi connectivity index (χ2v) is 8.84. The first-order chi connectivity index (χ1) is 15.6. The molecule has 1 amide bonds. The summed E-state index contributed by atoms with van der Waals surface area (Å²) in [6, 6.07) is 25.6. The fourth-order valence-corrected chi connectivity index (χ4v) is 4.06. The summed E-state index contributed by atoms with van der Waals surface area (Å²) in [6.45, 7) is 2.01. The molecule has 6 nitrogen and oxygen atoms in total. The molecule has 3 aromatic carbocycles. The second kappa shape index (κ2) is 10.4. The number of carbonyl (C=O) groups is 1. The Bertz CT molecular complexity index is 1240. The van der Waals surface area contributed by atoms with E-state index in [1.165, 1.54) is 11.8 Å². The van der Waals surface area contributed by atoms with Crippen LogP contribution in [0.1, 0.15) is 11.1 Å². The van der Waals surface area contributed by atoms with Gasteiger partial charge in [0.05, 0.1) is 12.0 Å². The van der Waals surface area contributed by atoms with Crippen LogP contribution in [0.4, 0.5) is 0 Å². The second-order valence-electron chi connectivity index (χ2n) is 6.98. The number of nitrogens with one attached hydrogen (secondary N) is 1. The van der Waals surface area contributed by atoms with E-state index in [1.807, 2.05) is 90.4 Å². The molecular weight excluding hydrogens is 486 g/mol. The lowest BCUT2D eigenvalue weighted by molar-refractivity contribution is -0.118. The number of carbonyl (C=O) groups excluding carboxylic acids is 1. The quantitative estimate of drug-likeness (QED) is 0.211. The Morgan fingerprint density at radius 2 is 1.84 bits per heavy atom. The van der Waals surface area contributed by atoms with Crippen LogP contribution < -0.4 is 5.43 Å². The van der Waals surface area contributed by atoms with E-state index >= 15 is 0 Å². The molecule has 1 aromatic heterocycles. The minimum absolute atomic E-state index is 0.163. The van der Waals surface area contributed by atoms with Crippen LogP contribution >= 0.6 is 27.7 Å². The summed E-state index contributed by atoms with van der Waals surface area (Å²) in [6.07, 6.45) is 1.63. The van der Waals surface area contributed by atoms with Gasteiger partial charge in [0.25, 0.3) is 5.91 Å². The highest BCUT2D eigenvalue weighted by atomic mass is 79.9. The topological polar surface area (TPSA) is 72.2 Å². The molecule has 0 radical (unpaired) electrons. The maximum Gasteiger partial charge on any atom is 0.250 e. The first-order valence-corrected chi connectivity index (χ1v) is 11.7. The van der Waals surface area contributed by atoms with Crippen LogP contribution in [0, 0.1) is 6.92 Å². The number of rotatable bonds is 7. The molecule has 1 N–H and O–H groups in total. The number of halogens is 1. The number of aryl methyl sites for hydroxylation is 1. The van der Waals surface area contributed by atoms with Crippen LogP contribution in [0.3, 0.4) is 0 Å². The van der Waals surface area contributed by atoms with Gasteiger partial charge in [-0.05, 0) is 36.8 Å². The molecule has 0 bridgehead atoms. The molecule has 0 saturated carbocycles. The minimum atomic E-state index is -0.216. The Labute approximate surface area is 198 Å². The molecule has 1 heterocycles. The van der Waals surface area contributed by atoms with E-state index in [0.29, 0.717) is 11.0 Å². The van der Waals surface area contributed by atoms with Gasteiger partial charge >= 0.3 is 0 Å². The van der Waals surface area contributed by atoms with Crippen LogP contribution in [-0.2, 0) is 4.79 Å². The molecule has 0 spiro atoms. The zero-order valence-electron chi connectivity index (χ0n) is 17.3. The smallest absolute Gasteiger partial charge is 0.250 e. The Hall–Kier alpha value is -3.23. The van der Waals surface area contributed by atoms with E-state index in [-0.39, 0.29) is 11.7 Å². The molecular formula is C24H20BrN5OS. The number of hydrogen-bond donors (Lipinski definition) is 1. The van der Waals surface area contributed by atoms with Crippen LogP contribution in [0.2, 0.25) is 0 Å². The van der Waals surface area contributed by atoms with Crippen molar-refractivity contribution in [2.45, 2.75) is 12.1 Å². The normalized spacial score (nSPS) is 11.1. The number of para-hydroxylation sites is 1. The van der Waals surface area contributed by atoms with Crippen LogP contribution in [0.15, 0.2) is 93.6 Å². The highest BCUT2D eigenvalue weighted by Crippen LogP contribution is 2.28. The molecule has 0 fully saturated rings. The first-order valence-electron chi connectivity index (χ1n) is 9.88. The molecule has 0 saturated heterocycles. The first kappa shape index (κ1) is 22.0. The third kappa shape index (κ3) is 5.52. The average Bonchev–Trinajstić information content (AvgIpc) is 3.23. The van der Waals surface area contributed by atoms with Crippen molar-refractivity contribution >= 4 is 39.8 Å². The fourth-order valence-electron chi connectivity index (χ4n) is 3.05. The lowest BCUT2D eigenvalue weighted by Gasteiger charge is -2.10. The standard InChI is InChI=1S/C24H20BrN5OS/c1-17-6-5-7-18(14-17)15-26-27-22(31)16-32-24-29-28-23(19-10-12-20(25)13-11-19)30(24)21-8-3-2-4-9-21/h2-15H,16H2,1H3,(H,27,31)/b26-15-. The molecule has 4 rings (SSSR count). The highest BCUT2D eigenvalue weighted by molar-refractivity contribution is 9.10. The Morgan fingerprint density at radius 3 is 2.59 bits per heavy atom. The Kier molecular flexibility index (Phi) is 7.14. The van der Waals surface area contributed by atoms with Crippen LogP contribution in [0.25, 0.3) is 17.1 Å². The fraction of sp³-hybridized carbons (Fsp3) is 0.0833. The van der Waals surface area contributed by atoms with Crippen molar-refractivity contribution in [3.8, 4) is 17.1 Å². The summed E-state index contributed by atoms with van der Waals surface area (Å²) in [5, 5.41) is 13.4. The zero-order chi connectivity index (χ0) is 22.3. The Balaban J connectivity index is 1.49. The van der Waals surface area contributed by atoms with E-state index < -0.39 is 0 Å². The molecule has 8 heteroatoms. The minimum Gasteiger partial charge on any atom is -0.272 e. The van der Waals surface area contributed by atoms with Crippen molar-refractivity contribution in [2.24, 2.45) is 5.10 Å². The van der Waals surface area contributed by atoms with Gasteiger partial charge in [0.2, 0.25) is 0 Å². The molecule has 0 aliphatic heterocycles. The molecule has 4 aromatic rings. The van der Waals surface area contributed by atoms with Gasteiger partial charge in [0.15, 0.2) is 11.0 Å². The number of thioether (sulfide) groups is 1. The third-order valence-corrected chi connectivity index (χ3v) is 5.99. The van der Waals surface area contributed by atoms with Crippen molar-refractivity contribution in [2.75, 3.05) is 5.75 Å². The monoisotopic (exact) mass is 505 g/mol. The summed E-state index contributed by atoms with van der Waals surface area (Å²) < 4.78 is 2.95. The van der Waals surface area contributed by atoms with Crippen LogP contribution in [0.5, 0.6) is 0 Å². The van der Waals surface area contributed by atoms with E-state index in [1.54, 1.807) is 6.21 Å². The lowest BCUT2D eigenvalue weighted by Crippen LogP contribution is -2.20. The summed E-state index contributed by atoms with van der Waals surface area (Å²) in [7, 11) is 0. The number of hydrogen-bond acceptors (Lipinski definition) is 5. The van der Waals surface area contributed by atoms with Gasteiger partial charge in [-0.2, -0.15) is 5.10 Å². The predicted octanol–water partition coefficient (Wildman–Crippen LogP) is 5.25. The Morgan fingerprint density at radius 1 is 1.06 bits per heavy atom. The van der Waals surface area contributed by atoms with Gasteiger partial charge in [-0.3, -0.25) is 9.36 Å². The van der Waals surface area contributed by atoms with Crippen molar-refractivity contribution in [1.82, 2.24) is 20.2 Å². The van der Waals surface area contributed by atoms with Gasteiger partial charge < -0.3 is 0 Å². The molecule has 0 aliphatic rings. The maximum absolute atomic E-state index is 12.3. The maximum atomic E-state index is 12.3. The summed E-state index contributed by atoms with van der Waals surface area (Å²) in [5.41, 5.74) is 6.50. The van der Waals surface area contributed by atoms with Gasteiger partial charge in [0.1, 0.15) is 0 Å². The van der Waals surface area contributed by atoms with E-state index in [2.05, 4.69) is 36.7 Å². The SMILES string of the molecule is Cc1cccc(/C=N\NC(=O)CSc2nnc(-c3ccc(Br)cc3)n2-c2ccccc2)c1. The zero-order valence-corrected chi connectivity index (χ0v) is 19.7. The molecule has 32 heavy (non-hydrogen) atoms. The number of nitrogens with zero attached hydrogens (tertiary/aromatic N) is 4. The van der Waals surface area contributed by atoms with Gasteiger partial charge in [-0.25, -0.2) is 5.43 Å². The summed E-state index contributed by atoms with van der Waals surface area (Å²) in [5.74, 6) is 0.659. The highest BCUT2D eigenvalue weighted by Gasteiger charge is 2.17. The van der Waals surface area contributed by atoms with Crippen molar-refractivity contribution in [1.29, 1.82) is 0 Å². The summed E-state index contributed by atoms with van der Waals surface area (Å²) >= 11 is 4.78.